The normalized spacial score (nSPS) is 17.5. The van der Waals surface area contributed by atoms with Crippen LogP contribution in [-0.4, -0.2) is 15.7 Å². The van der Waals surface area contributed by atoms with E-state index in [1.165, 1.54) is 19.3 Å². The van der Waals surface area contributed by atoms with Gasteiger partial charge < -0.3 is 9.73 Å². The Hall–Kier alpha value is -0.770. The lowest BCUT2D eigenvalue weighted by molar-refractivity contribution is 0.212. The molecule has 1 aromatic rings. The van der Waals surface area contributed by atoms with Crippen LogP contribution in [0.1, 0.15) is 39.0 Å². The molecule has 0 aromatic carbocycles. The maximum atomic E-state index is 5.59. The number of hydrogen-bond donors (Lipinski definition) is 1. The van der Waals surface area contributed by atoms with Crippen LogP contribution in [0.2, 0.25) is 0 Å². The average Bonchev–Trinajstić information content (AvgIpc) is 2.46. The molecule has 1 heterocycles. The highest BCUT2D eigenvalue weighted by Crippen LogP contribution is 2.37. The number of hydrogen-bond acceptors (Lipinski definition) is 4. The maximum Gasteiger partial charge on any atom is 0.315 e. The molecule has 0 amide bonds. The SMILES string of the molecule is CC(C)(Nc1nnc(CCl)o1)C1CCC1. The predicted molar refractivity (Wildman–Crippen MR) is 58.9 cm³/mol. The second-order valence-electron chi connectivity index (χ2n) is 4.61. The summed E-state index contributed by atoms with van der Waals surface area (Å²) in [6.07, 6.45) is 3.87. The van der Waals surface area contributed by atoms with Gasteiger partial charge in [-0.25, -0.2) is 0 Å². The van der Waals surface area contributed by atoms with E-state index in [4.69, 9.17) is 16.0 Å². The average molecular weight is 230 g/mol. The minimum atomic E-state index is 0.0222. The smallest absolute Gasteiger partial charge is 0.315 e. The van der Waals surface area contributed by atoms with Crippen molar-refractivity contribution in [3.63, 3.8) is 0 Å². The van der Waals surface area contributed by atoms with Gasteiger partial charge in [-0.2, -0.15) is 0 Å². The van der Waals surface area contributed by atoms with Crippen LogP contribution in [0.4, 0.5) is 6.01 Å². The van der Waals surface area contributed by atoms with E-state index >= 15 is 0 Å². The van der Waals surface area contributed by atoms with Crippen LogP contribution in [0, 0.1) is 5.92 Å². The van der Waals surface area contributed by atoms with Crippen LogP contribution in [0.3, 0.4) is 0 Å². The summed E-state index contributed by atoms with van der Waals surface area (Å²) in [5.74, 6) is 1.42. The number of rotatable bonds is 4. The summed E-state index contributed by atoms with van der Waals surface area (Å²) < 4.78 is 5.32. The zero-order valence-electron chi connectivity index (χ0n) is 9.09. The van der Waals surface area contributed by atoms with E-state index in [1.807, 2.05) is 0 Å². The lowest BCUT2D eigenvalue weighted by Gasteiger charge is -2.40. The first-order valence-corrected chi connectivity index (χ1v) is 5.82. The molecule has 2 rings (SSSR count). The highest BCUT2D eigenvalue weighted by Gasteiger charge is 2.34. The Morgan fingerprint density at radius 2 is 2.20 bits per heavy atom. The summed E-state index contributed by atoms with van der Waals surface area (Å²) in [6, 6.07) is 0.475. The maximum absolute atomic E-state index is 5.59. The van der Waals surface area contributed by atoms with Crippen molar-refractivity contribution in [2.75, 3.05) is 5.32 Å². The molecule has 0 saturated heterocycles. The van der Waals surface area contributed by atoms with Crippen LogP contribution in [0.15, 0.2) is 4.42 Å². The fraction of sp³-hybridized carbons (Fsp3) is 0.800. The summed E-state index contributed by atoms with van der Waals surface area (Å²) in [6.45, 7) is 4.34. The monoisotopic (exact) mass is 229 g/mol. The van der Waals surface area contributed by atoms with Gasteiger partial charge in [0.2, 0.25) is 5.89 Å². The van der Waals surface area contributed by atoms with Crippen molar-refractivity contribution in [1.29, 1.82) is 0 Å². The third kappa shape index (κ3) is 2.25. The Kier molecular flexibility index (Phi) is 2.87. The summed E-state index contributed by atoms with van der Waals surface area (Å²) in [5, 5.41) is 11.0. The molecular formula is C10H16ClN3O. The Labute approximate surface area is 94.4 Å². The first-order chi connectivity index (χ1) is 7.12. The topological polar surface area (TPSA) is 51.0 Å². The molecule has 0 aliphatic heterocycles. The van der Waals surface area contributed by atoms with Crippen molar-refractivity contribution in [3.8, 4) is 0 Å². The van der Waals surface area contributed by atoms with Crippen LogP contribution < -0.4 is 5.32 Å². The molecule has 0 spiro atoms. The van der Waals surface area contributed by atoms with Gasteiger partial charge in [0.15, 0.2) is 0 Å². The van der Waals surface area contributed by atoms with Crippen molar-refractivity contribution in [3.05, 3.63) is 5.89 Å². The van der Waals surface area contributed by atoms with Crippen molar-refractivity contribution in [2.24, 2.45) is 5.92 Å². The van der Waals surface area contributed by atoms with E-state index in [1.54, 1.807) is 0 Å². The van der Waals surface area contributed by atoms with Gasteiger partial charge in [0, 0.05) is 5.54 Å². The van der Waals surface area contributed by atoms with Gasteiger partial charge in [0.1, 0.15) is 5.88 Å². The molecule has 1 saturated carbocycles. The van der Waals surface area contributed by atoms with Crippen LogP contribution in [0.5, 0.6) is 0 Å². The van der Waals surface area contributed by atoms with Crippen LogP contribution in [0.25, 0.3) is 0 Å². The summed E-state index contributed by atoms with van der Waals surface area (Å²) in [5.41, 5.74) is 0.0222. The first-order valence-electron chi connectivity index (χ1n) is 5.28. The van der Waals surface area contributed by atoms with Gasteiger partial charge in [-0.05, 0) is 32.6 Å². The third-order valence-corrected chi connectivity index (χ3v) is 3.36. The van der Waals surface area contributed by atoms with E-state index in [0.29, 0.717) is 17.8 Å². The van der Waals surface area contributed by atoms with E-state index in [0.717, 1.165) is 0 Å². The molecule has 4 nitrogen and oxygen atoms in total. The van der Waals surface area contributed by atoms with Gasteiger partial charge >= 0.3 is 6.01 Å². The van der Waals surface area contributed by atoms with Gasteiger partial charge in [0.25, 0.3) is 0 Å². The lowest BCUT2D eigenvalue weighted by atomic mass is 9.73. The van der Waals surface area contributed by atoms with Gasteiger partial charge in [-0.3, -0.25) is 0 Å². The summed E-state index contributed by atoms with van der Waals surface area (Å²) >= 11 is 5.59. The number of alkyl halides is 1. The zero-order valence-corrected chi connectivity index (χ0v) is 9.84. The number of anilines is 1. The van der Waals surface area contributed by atoms with Gasteiger partial charge in [0.05, 0.1) is 0 Å². The van der Waals surface area contributed by atoms with Crippen molar-refractivity contribution < 1.29 is 4.42 Å². The van der Waals surface area contributed by atoms with E-state index in [2.05, 4.69) is 29.4 Å². The van der Waals surface area contributed by atoms with Crippen LogP contribution in [-0.2, 0) is 5.88 Å². The highest BCUT2D eigenvalue weighted by molar-refractivity contribution is 6.16. The molecule has 0 radical (unpaired) electrons. The molecule has 0 atom stereocenters. The minimum Gasteiger partial charge on any atom is -0.407 e. The molecular weight excluding hydrogens is 214 g/mol. The highest BCUT2D eigenvalue weighted by atomic mass is 35.5. The molecule has 0 bridgehead atoms. The van der Waals surface area contributed by atoms with E-state index in [9.17, 15) is 0 Å². The molecule has 0 unspecified atom stereocenters. The van der Waals surface area contributed by atoms with Gasteiger partial charge in [-0.15, -0.1) is 16.7 Å². The van der Waals surface area contributed by atoms with Crippen molar-refractivity contribution in [2.45, 2.75) is 44.5 Å². The molecule has 1 aliphatic carbocycles. The number of nitrogens with one attached hydrogen (secondary N) is 1. The van der Waals surface area contributed by atoms with Crippen molar-refractivity contribution >= 4 is 17.6 Å². The Bertz CT molecular complexity index is 333. The Balaban J connectivity index is 2.00. The lowest BCUT2D eigenvalue weighted by Crippen LogP contribution is -2.43. The Morgan fingerprint density at radius 3 is 2.67 bits per heavy atom. The fourth-order valence-corrected chi connectivity index (χ4v) is 1.97. The Morgan fingerprint density at radius 1 is 1.47 bits per heavy atom. The predicted octanol–water partition coefficient (Wildman–Crippen LogP) is 2.80. The minimum absolute atomic E-state index is 0.0222. The number of aromatic nitrogens is 2. The molecule has 5 heteroatoms. The van der Waals surface area contributed by atoms with Crippen LogP contribution >= 0.6 is 11.6 Å². The third-order valence-electron chi connectivity index (χ3n) is 3.14. The molecule has 84 valence electrons. The van der Waals surface area contributed by atoms with E-state index < -0.39 is 0 Å². The second kappa shape index (κ2) is 4.00. The molecule has 1 N–H and O–H groups in total. The van der Waals surface area contributed by atoms with Gasteiger partial charge in [-0.1, -0.05) is 11.5 Å². The fourth-order valence-electron chi connectivity index (χ4n) is 1.87. The summed E-state index contributed by atoms with van der Waals surface area (Å²) in [4.78, 5) is 0. The quantitative estimate of drug-likeness (QED) is 0.807. The molecule has 1 fully saturated rings. The first kappa shape index (κ1) is 10.7. The molecule has 1 aliphatic rings. The van der Waals surface area contributed by atoms with E-state index in [-0.39, 0.29) is 11.4 Å². The largest absolute Gasteiger partial charge is 0.407 e. The number of nitrogens with zero attached hydrogens (tertiary/aromatic N) is 2. The standard InChI is InChI=1S/C10H16ClN3O/c1-10(2,7-4-3-5-7)12-9-14-13-8(6-11)15-9/h7H,3-6H2,1-2H3,(H,12,14). The second-order valence-corrected chi connectivity index (χ2v) is 4.88. The summed E-state index contributed by atoms with van der Waals surface area (Å²) in [7, 11) is 0. The molecule has 1 aromatic heterocycles. The number of halogens is 1. The zero-order chi connectivity index (χ0) is 10.9. The van der Waals surface area contributed by atoms with Crippen molar-refractivity contribution in [1.82, 2.24) is 10.2 Å². The molecule has 15 heavy (non-hydrogen) atoms.